The minimum Gasteiger partial charge on any atom is -0.311 e. The maximum Gasteiger partial charge on any atom is 0.0111 e. The van der Waals surface area contributed by atoms with Gasteiger partial charge in [0.2, 0.25) is 0 Å². The van der Waals surface area contributed by atoms with Crippen molar-refractivity contribution in [3.63, 3.8) is 0 Å². The van der Waals surface area contributed by atoms with Crippen molar-refractivity contribution in [1.29, 1.82) is 0 Å². The molecule has 0 bridgehead atoms. The Morgan fingerprint density at radius 2 is 1.10 bits per heavy atom. The molecule has 0 radical (unpaired) electrons. The lowest BCUT2D eigenvalue weighted by Gasteiger charge is -2.14. The van der Waals surface area contributed by atoms with Crippen LogP contribution < -0.4 is 5.32 Å². The van der Waals surface area contributed by atoms with Gasteiger partial charge in [0.15, 0.2) is 0 Å². The highest BCUT2D eigenvalue weighted by Crippen LogP contribution is 2.19. The van der Waals surface area contributed by atoms with Crippen LogP contribution in [0.4, 0.5) is 0 Å². The molecule has 2 aromatic rings. The molecular formula is C18H22ClN. The van der Waals surface area contributed by atoms with Gasteiger partial charge in [-0.2, -0.15) is 0 Å². The normalized spacial score (nSPS) is 21.4. The van der Waals surface area contributed by atoms with Crippen molar-refractivity contribution in [2.24, 2.45) is 0 Å². The third-order valence-electron chi connectivity index (χ3n) is 3.98. The molecule has 2 heteroatoms. The Hall–Kier alpha value is -1.31. The Labute approximate surface area is 127 Å². The van der Waals surface area contributed by atoms with Crippen molar-refractivity contribution in [2.45, 2.75) is 37.8 Å². The minimum atomic E-state index is 0. The number of nitrogens with one attached hydrogen (secondary N) is 1. The van der Waals surface area contributed by atoms with Gasteiger partial charge in [-0.05, 0) is 36.8 Å². The average molecular weight is 288 g/mol. The van der Waals surface area contributed by atoms with Gasteiger partial charge in [-0.25, -0.2) is 0 Å². The van der Waals surface area contributed by atoms with E-state index in [9.17, 15) is 0 Å². The fraction of sp³-hybridized carbons (Fsp3) is 0.333. The van der Waals surface area contributed by atoms with Gasteiger partial charge in [0, 0.05) is 12.1 Å². The maximum atomic E-state index is 3.79. The summed E-state index contributed by atoms with van der Waals surface area (Å²) < 4.78 is 0. The van der Waals surface area contributed by atoms with E-state index < -0.39 is 0 Å². The molecule has 1 N–H and O–H groups in total. The first-order chi connectivity index (χ1) is 9.40. The molecule has 0 saturated carbocycles. The first-order valence-corrected chi connectivity index (χ1v) is 7.24. The lowest BCUT2D eigenvalue weighted by atomic mass is 10.0. The van der Waals surface area contributed by atoms with E-state index in [0.29, 0.717) is 12.1 Å². The summed E-state index contributed by atoms with van der Waals surface area (Å²) >= 11 is 0. The van der Waals surface area contributed by atoms with E-state index in [2.05, 4.69) is 66.0 Å². The van der Waals surface area contributed by atoms with Gasteiger partial charge in [0.05, 0.1) is 0 Å². The molecule has 20 heavy (non-hydrogen) atoms. The SMILES string of the molecule is Cl.c1ccc(C[C@H]2CC[C@@H](Cc3ccccc3)N2)cc1. The number of hydrogen-bond donors (Lipinski definition) is 1. The van der Waals surface area contributed by atoms with Crippen LogP contribution >= 0.6 is 12.4 Å². The Morgan fingerprint density at radius 1 is 0.700 bits per heavy atom. The van der Waals surface area contributed by atoms with Crippen molar-refractivity contribution >= 4 is 12.4 Å². The molecule has 1 saturated heterocycles. The molecule has 1 aliphatic rings. The van der Waals surface area contributed by atoms with Crippen molar-refractivity contribution in [3.05, 3.63) is 71.8 Å². The van der Waals surface area contributed by atoms with Gasteiger partial charge < -0.3 is 5.32 Å². The van der Waals surface area contributed by atoms with Gasteiger partial charge in [-0.3, -0.25) is 0 Å². The summed E-state index contributed by atoms with van der Waals surface area (Å²) in [5.74, 6) is 0. The first kappa shape index (κ1) is 15.1. The van der Waals surface area contributed by atoms with Gasteiger partial charge in [0.25, 0.3) is 0 Å². The minimum absolute atomic E-state index is 0. The third-order valence-corrected chi connectivity index (χ3v) is 3.98. The predicted molar refractivity (Wildman–Crippen MR) is 87.5 cm³/mol. The monoisotopic (exact) mass is 287 g/mol. The Morgan fingerprint density at radius 3 is 1.50 bits per heavy atom. The van der Waals surface area contributed by atoms with Crippen LogP contribution in [-0.4, -0.2) is 12.1 Å². The van der Waals surface area contributed by atoms with Crippen molar-refractivity contribution in [1.82, 2.24) is 5.32 Å². The molecule has 0 aromatic heterocycles. The molecular weight excluding hydrogens is 266 g/mol. The summed E-state index contributed by atoms with van der Waals surface area (Å²) in [6.07, 6.45) is 4.91. The molecule has 3 rings (SSSR count). The van der Waals surface area contributed by atoms with Gasteiger partial charge in [-0.15, -0.1) is 12.4 Å². The van der Waals surface area contributed by atoms with E-state index in [1.165, 1.54) is 24.0 Å². The van der Waals surface area contributed by atoms with Crippen LogP contribution in [0.5, 0.6) is 0 Å². The Bertz CT molecular complexity index is 450. The fourth-order valence-corrected chi connectivity index (χ4v) is 3.02. The zero-order chi connectivity index (χ0) is 12.9. The van der Waals surface area contributed by atoms with Gasteiger partial charge in [0.1, 0.15) is 0 Å². The quantitative estimate of drug-likeness (QED) is 0.896. The number of halogens is 1. The molecule has 0 amide bonds. The largest absolute Gasteiger partial charge is 0.311 e. The fourth-order valence-electron chi connectivity index (χ4n) is 3.02. The summed E-state index contributed by atoms with van der Waals surface area (Å²) in [6, 6.07) is 22.9. The summed E-state index contributed by atoms with van der Waals surface area (Å²) in [4.78, 5) is 0. The summed E-state index contributed by atoms with van der Waals surface area (Å²) in [6.45, 7) is 0. The van der Waals surface area contributed by atoms with E-state index >= 15 is 0 Å². The van der Waals surface area contributed by atoms with Crippen LogP contribution in [0.15, 0.2) is 60.7 Å². The topological polar surface area (TPSA) is 12.0 Å². The maximum absolute atomic E-state index is 3.79. The average Bonchev–Trinajstić information content (AvgIpc) is 2.88. The second-order valence-electron chi connectivity index (χ2n) is 5.52. The molecule has 0 aliphatic carbocycles. The lowest BCUT2D eigenvalue weighted by Crippen LogP contribution is -2.32. The molecule has 106 valence electrons. The highest BCUT2D eigenvalue weighted by atomic mass is 35.5. The molecule has 2 atom stereocenters. The number of hydrogen-bond acceptors (Lipinski definition) is 1. The van der Waals surface area contributed by atoms with Crippen LogP contribution in [0.2, 0.25) is 0 Å². The molecule has 0 unspecified atom stereocenters. The highest BCUT2D eigenvalue weighted by Gasteiger charge is 2.23. The molecule has 0 spiro atoms. The predicted octanol–water partition coefficient (Wildman–Crippen LogP) is 4.01. The molecule has 1 heterocycles. The van der Waals surface area contributed by atoms with Crippen molar-refractivity contribution in [2.75, 3.05) is 0 Å². The third kappa shape index (κ3) is 4.09. The molecule has 1 nitrogen and oxygen atoms in total. The summed E-state index contributed by atoms with van der Waals surface area (Å²) in [5, 5.41) is 3.79. The zero-order valence-corrected chi connectivity index (χ0v) is 12.5. The van der Waals surface area contributed by atoms with Crippen LogP contribution in [0.1, 0.15) is 24.0 Å². The van der Waals surface area contributed by atoms with Crippen molar-refractivity contribution in [3.8, 4) is 0 Å². The smallest absolute Gasteiger partial charge is 0.0111 e. The van der Waals surface area contributed by atoms with Crippen LogP contribution in [0, 0.1) is 0 Å². The summed E-state index contributed by atoms with van der Waals surface area (Å²) in [5.41, 5.74) is 2.89. The molecule has 1 fully saturated rings. The second kappa shape index (κ2) is 7.47. The highest BCUT2D eigenvalue weighted by molar-refractivity contribution is 5.85. The van der Waals surface area contributed by atoms with E-state index in [1.807, 2.05) is 0 Å². The van der Waals surface area contributed by atoms with Crippen LogP contribution in [0.3, 0.4) is 0 Å². The number of benzene rings is 2. The van der Waals surface area contributed by atoms with E-state index in [4.69, 9.17) is 0 Å². The van der Waals surface area contributed by atoms with Gasteiger partial charge >= 0.3 is 0 Å². The standard InChI is InChI=1S/C18H21N.ClH/c1-3-7-15(8-4-1)13-17-11-12-18(19-17)14-16-9-5-2-6-10-16;/h1-10,17-19H,11-14H2;1H/t17-,18+;. The number of rotatable bonds is 4. The Kier molecular flexibility index (Phi) is 5.63. The summed E-state index contributed by atoms with van der Waals surface area (Å²) in [7, 11) is 0. The van der Waals surface area contributed by atoms with E-state index in [0.717, 1.165) is 12.8 Å². The lowest BCUT2D eigenvalue weighted by molar-refractivity contribution is 0.532. The molecule has 2 aromatic carbocycles. The zero-order valence-electron chi connectivity index (χ0n) is 11.7. The van der Waals surface area contributed by atoms with Gasteiger partial charge in [-0.1, -0.05) is 60.7 Å². The van der Waals surface area contributed by atoms with Crippen LogP contribution in [0.25, 0.3) is 0 Å². The van der Waals surface area contributed by atoms with Crippen LogP contribution in [-0.2, 0) is 12.8 Å². The van der Waals surface area contributed by atoms with E-state index in [1.54, 1.807) is 0 Å². The van der Waals surface area contributed by atoms with E-state index in [-0.39, 0.29) is 12.4 Å². The van der Waals surface area contributed by atoms with Crippen molar-refractivity contribution < 1.29 is 0 Å². The first-order valence-electron chi connectivity index (χ1n) is 7.24. The Balaban J connectivity index is 0.00000147. The second-order valence-corrected chi connectivity index (χ2v) is 5.52. The molecule has 1 aliphatic heterocycles.